The van der Waals surface area contributed by atoms with E-state index < -0.39 is 0 Å². The highest BCUT2D eigenvalue weighted by molar-refractivity contribution is 5.46. The SMILES string of the molecule is CCCn1cc(NCc2cnn(C)c2C)c(C)n1. The van der Waals surface area contributed by atoms with Gasteiger partial charge >= 0.3 is 0 Å². The van der Waals surface area contributed by atoms with Crippen molar-refractivity contribution in [2.75, 3.05) is 5.32 Å². The van der Waals surface area contributed by atoms with E-state index >= 15 is 0 Å². The molecule has 0 fully saturated rings. The molecule has 2 heterocycles. The van der Waals surface area contributed by atoms with Crippen LogP contribution in [0.4, 0.5) is 5.69 Å². The monoisotopic (exact) mass is 247 g/mol. The Hall–Kier alpha value is -1.78. The molecule has 18 heavy (non-hydrogen) atoms. The Bertz CT molecular complexity index is 523. The predicted octanol–water partition coefficient (Wildman–Crippen LogP) is 2.26. The Morgan fingerprint density at radius 3 is 2.72 bits per heavy atom. The van der Waals surface area contributed by atoms with Crippen LogP contribution >= 0.6 is 0 Å². The summed E-state index contributed by atoms with van der Waals surface area (Å²) < 4.78 is 3.89. The highest BCUT2D eigenvalue weighted by Crippen LogP contribution is 2.15. The zero-order chi connectivity index (χ0) is 13.1. The van der Waals surface area contributed by atoms with Gasteiger partial charge in [0.25, 0.3) is 0 Å². The fourth-order valence-electron chi connectivity index (χ4n) is 1.94. The summed E-state index contributed by atoms with van der Waals surface area (Å²) in [5.41, 5.74) is 4.57. The molecule has 0 amide bonds. The van der Waals surface area contributed by atoms with Crippen LogP contribution in [0.3, 0.4) is 0 Å². The van der Waals surface area contributed by atoms with Crippen LogP contribution in [0.15, 0.2) is 12.4 Å². The molecule has 0 bridgehead atoms. The van der Waals surface area contributed by atoms with Crippen molar-refractivity contribution in [1.82, 2.24) is 19.6 Å². The summed E-state index contributed by atoms with van der Waals surface area (Å²) in [5.74, 6) is 0. The first-order valence-electron chi connectivity index (χ1n) is 6.37. The molecular formula is C13H21N5. The lowest BCUT2D eigenvalue weighted by Gasteiger charge is -2.04. The summed E-state index contributed by atoms with van der Waals surface area (Å²) in [5, 5.41) is 12.1. The first-order valence-corrected chi connectivity index (χ1v) is 6.37. The Morgan fingerprint density at radius 2 is 2.11 bits per heavy atom. The van der Waals surface area contributed by atoms with Crippen molar-refractivity contribution in [3.05, 3.63) is 29.3 Å². The first kappa shape index (κ1) is 12.7. The van der Waals surface area contributed by atoms with E-state index in [-0.39, 0.29) is 0 Å². The fourth-order valence-corrected chi connectivity index (χ4v) is 1.94. The van der Waals surface area contributed by atoms with Crippen LogP contribution in [0.1, 0.15) is 30.3 Å². The van der Waals surface area contributed by atoms with E-state index in [1.165, 1.54) is 11.3 Å². The molecule has 0 aliphatic rings. The second-order valence-electron chi connectivity index (χ2n) is 4.62. The molecule has 1 N–H and O–H groups in total. The maximum Gasteiger partial charge on any atom is 0.0825 e. The minimum absolute atomic E-state index is 0.790. The third kappa shape index (κ3) is 2.55. The highest BCUT2D eigenvalue weighted by atomic mass is 15.3. The van der Waals surface area contributed by atoms with Gasteiger partial charge in [-0.2, -0.15) is 10.2 Å². The molecule has 2 rings (SSSR count). The number of nitrogens with one attached hydrogen (secondary N) is 1. The van der Waals surface area contributed by atoms with Gasteiger partial charge in [-0.25, -0.2) is 0 Å². The van der Waals surface area contributed by atoms with Crippen LogP contribution < -0.4 is 5.32 Å². The third-order valence-corrected chi connectivity index (χ3v) is 3.21. The normalized spacial score (nSPS) is 10.9. The average Bonchev–Trinajstić information content (AvgIpc) is 2.83. The van der Waals surface area contributed by atoms with Gasteiger partial charge in [-0.15, -0.1) is 0 Å². The number of hydrogen-bond acceptors (Lipinski definition) is 3. The fraction of sp³-hybridized carbons (Fsp3) is 0.538. The van der Waals surface area contributed by atoms with Crippen LogP contribution in [-0.2, 0) is 20.1 Å². The van der Waals surface area contributed by atoms with Crippen molar-refractivity contribution in [2.45, 2.75) is 40.3 Å². The van der Waals surface area contributed by atoms with Crippen molar-refractivity contribution in [3.63, 3.8) is 0 Å². The molecule has 5 heteroatoms. The minimum Gasteiger partial charge on any atom is -0.378 e. The highest BCUT2D eigenvalue weighted by Gasteiger charge is 2.07. The molecule has 0 unspecified atom stereocenters. The summed E-state index contributed by atoms with van der Waals surface area (Å²) in [4.78, 5) is 0. The van der Waals surface area contributed by atoms with E-state index in [2.05, 4.69) is 35.6 Å². The molecule has 2 aromatic rings. The maximum atomic E-state index is 4.47. The third-order valence-electron chi connectivity index (χ3n) is 3.21. The van der Waals surface area contributed by atoms with Crippen LogP contribution in [0.2, 0.25) is 0 Å². The second kappa shape index (κ2) is 5.25. The maximum absolute atomic E-state index is 4.47. The quantitative estimate of drug-likeness (QED) is 0.881. The van der Waals surface area contributed by atoms with Crippen LogP contribution in [0, 0.1) is 13.8 Å². The van der Waals surface area contributed by atoms with E-state index in [0.717, 1.165) is 30.9 Å². The van der Waals surface area contributed by atoms with Gasteiger partial charge in [-0.05, 0) is 20.3 Å². The molecular weight excluding hydrogens is 226 g/mol. The lowest BCUT2D eigenvalue weighted by molar-refractivity contribution is 0.598. The molecule has 0 aliphatic carbocycles. The van der Waals surface area contributed by atoms with Gasteiger partial charge < -0.3 is 5.32 Å². The minimum atomic E-state index is 0.790. The Labute approximate surface area is 108 Å². The zero-order valence-corrected chi connectivity index (χ0v) is 11.6. The number of aromatic nitrogens is 4. The molecule has 0 spiro atoms. The van der Waals surface area contributed by atoms with Crippen molar-refractivity contribution in [1.29, 1.82) is 0 Å². The standard InChI is InChI=1S/C13H21N5/c1-5-6-18-9-13(10(2)16-18)14-7-12-8-15-17(4)11(12)3/h8-9,14H,5-7H2,1-4H3. The van der Waals surface area contributed by atoms with Gasteiger partial charge in [0.1, 0.15) is 0 Å². The van der Waals surface area contributed by atoms with Gasteiger partial charge in [0.15, 0.2) is 0 Å². The topological polar surface area (TPSA) is 47.7 Å². The molecule has 0 atom stereocenters. The summed E-state index contributed by atoms with van der Waals surface area (Å²) in [6, 6.07) is 0. The van der Waals surface area contributed by atoms with Gasteiger partial charge in [-0.1, -0.05) is 6.92 Å². The Morgan fingerprint density at radius 1 is 1.33 bits per heavy atom. The summed E-state index contributed by atoms with van der Waals surface area (Å²) >= 11 is 0. The summed E-state index contributed by atoms with van der Waals surface area (Å²) in [6.45, 7) is 8.03. The zero-order valence-electron chi connectivity index (χ0n) is 11.6. The lowest BCUT2D eigenvalue weighted by Crippen LogP contribution is -2.01. The smallest absolute Gasteiger partial charge is 0.0825 e. The van der Waals surface area contributed by atoms with Crippen LogP contribution in [0.25, 0.3) is 0 Å². The molecule has 2 aromatic heterocycles. The number of aryl methyl sites for hydroxylation is 3. The predicted molar refractivity (Wildman–Crippen MR) is 72.5 cm³/mol. The van der Waals surface area contributed by atoms with Gasteiger partial charge in [0.05, 0.1) is 17.6 Å². The molecule has 0 aromatic carbocycles. The van der Waals surface area contributed by atoms with E-state index in [1.54, 1.807) is 0 Å². The van der Waals surface area contributed by atoms with Crippen molar-refractivity contribution in [2.24, 2.45) is 7.05 Å². The van der Waals surface area contributed by atoms with Crippen molar-refractivity contribution < 1.29 is 0 Å². The number of nitrogens with zero attached hydrogens (tertiary/aromatic N) is 4. The van der Waals surface area contributed by atoms with E-state index in [1.807, 2.05) is 29.5 Å². The van der Waals surface area contributed by atoms with Gasteiger partial charge in [0, 0.05) is 37.6 Å². The van der Waals surface area contributed by atoms with Gasteiger partial charge in [0.2, 0.25) is 0 Å². The first-order chi connectivity index (χ1) is 8.61. The van der Waals surface area contributed by atoms with E-state index in [0.29, 0.717) is 0 Å². The van der Waals surface area contributed by atoms with E-state index in [9.17, 15) is 0 Å². The average molecular weight is 247 g/mol. The second-order valence-corrected chi connectivity index (χ2v) is 4.62. The Kier molecular flexibility index (Phi) is 3.69. The number of anilines is 1. The number of rotatable bonds is 5. The van der Waals surface area contributed by atoms with Crippen LogP contribution in [-0.4, -0.2) is 19.6 Å². The molecule has 0 saturated carbocycles. The Balaban J connectivity index is 2.03. The molecule has 0 saturated heterocycles. The van der Waals surface area contributed by atoms with Gasteiger partial charge in [-0.3, -0.25) is 9.36 Å². The van der Waals surface area contributed by atoms with E-state index in [4.69, 9.17) is 0 Å². The largest absolute Gasteiger partial charge is 0.378 e. The molecule has 5 nitrogen and oxygen atoms in total. The molecule has 98 valence electrons. The van der Waals surface area contributed by atoms with Crippen LogP contribution in [0.5, 0.6) is 0 Å². The number of hydrogen-bond donors (Lipinski definition) is 1. The summed E-state index contributed by atoms with van der Waals surface area (Å²) in [7, 11) is 1.96. The van der Waals surface area contributed by atoms with Crippen molar-refractivity contribution >= 4 is 5.69 Å². The lowest BCUT2D eigenvalue weighted by atomic mass is 10.2. The molecule has 0 aliphatic heterocycles. The van der Waals surface area contributed by atoms with Crippen molar-refractivity contribution in [3.8, 4) is 0 Å². The summed E-state index contributed by atoms with van der Waals surface area (Å²) in [6.07, 6.45) is 5.08. The molecule has 0 radical (unpaired) electrons.